The second kappa shape index (κ2) is 6.54. The number of aryl methyl sites for hydroxylation is 1. The average Bonchev–Trinajstić information content (AvgIpc) is 2.45. The summed E-state index contributed by atoms with van der Waals surface area (Å²) in [4.78, 5) is 15.7. The van der Waals surface area contributed by atoms with Crippen molar-refractivity contribution in [3.63, 3.8) is 0 Å². The van der Waals surface area contributed by atoms with Gasteiger partial charge in [-0.1, -0.05) is 18.2 Å². The first-order valence-corrected chi connectivity index (χ1v) is 6.14. The molecule has 19 heavy (non-hydrogen) atoms. The largest absolute Gasteiger partial charge is 0.459 e. The van der Waals surface area contributed by atoms with Crippen LogP contribution in [0.25, 0.3) is 0 Å². The molecule has 0 aliphatic carbocycles. The zero-order valence-corrected chi connectivity index (χ0v) is 10.6. The molecule has 0 amide bonds. The number of carbonyl (C=O) groups excluding carboxylic acids is 1. The molecule has 0 spiro atoms. The standard InChI is InChI=1S/C15H16N2O2/c16-13-7-4-12(5-8-13)6-9-15(18)19-11-14-3-1-2-10-17-14/h1-5,7-8,10H,6,9,11,16H2. The maximum Gasteiger partial charge on any atom is 0.306 e. The van der Waals surface area contributed by atoms with Gasteiger partial charge in [-0.3, -0.25) is 9.78 Å². The third-order valence-corrected chi connectivity index (χ3v) is 2.70. The van der Waals surface area contributed by atoms with Crippen LogP contribution in [-0.4, -0.2) is 11.0 Å². The van der Waals surface area contributed by atoms with Crippen LogP contribution in [0.2, 0.25) is 0 Å². The lowest BCUT2D eigenvalue weighted by Crippen LogP contribution is -2.06. The fourth-order valence-electron chi connectivity index (χ4n) is 1.64. The van der Waals surface area contributed by atoms with Gasteiger partial charge >= 0.3 is 5.97 Å². The van der Waals surface area contributed by atoms with Gasteiger partial charge in [-0.15, -0.1) is 0 Å². The summed E-state index contributed by atoms with van der Waals surface area (Å²) in [6.45, 7) is 0.224. The van der Waals surface area contributed by atoms with Gasteiger partial charge in [0, 0.05) is 18.3 Å². The van der Waals surface area contributed by atoms with E-state index in [2.05, 4.69) is 4.98 Å². The molecule has 0 aliphatic heterocycles. The Kier molecular flexibility index (Phi) is 4.50. The van der Waals surface area contributed by atoms with Gasteiger partial charge in [0.25, 0.3) is 0 Å². The van der Waals surface area contributed by atoms with Gasteiger partial charge in [0.1, 0.15) is 6.61 Å². The lowest BCUT2D eigenvalue weighted by molar-refractivity contribution is -0.145. The maximum atomic E-state index is 11.6. The Labute approximate surface area is 112 Å². The molecular weight excluding hydrogens is 240 g/mol. The number of nitrogen functional groups attached to an aromatic ring is 1. The zero-order valence-electron chi connectivity index (χ0n) is 10.6. The first kappa shape index (κ1) is 13.1. The monoisotopic (exact) mass is 256 g/mol. The molecule has 1 aromatic heterocycles. The van der Waals surface area contributed by atoms with Crippen molar-refractivity contribution in [3.8, 4) is 0 Å². The zero-order chi connectivity index (χ0) is 13.5. The number of aromatic nitrogens is 1. The predicted molar refractivity (Wildman–Crippen MR) is 73.2 cm³/mol. The van der Waals surface area contributed by atoms with Crippen LogP contribution in [0.1, 0.15) is 17.7 Å². The first-order valence-electron chi connectivity index (χ1n) is 6.14. The Morgan fingerprint density at radius 3 is 2.63 bits per heavy atom. The van der Waals surface area contributed by atoms with E-state index in [1.54, 1.807) is 6.20 Å². The van der Waals surface area contributed by atoms with Gasteiger partial charge < -0.3 is 10.5 Å². The molecule has 98 valence electrons. The Bertz CT molecular complexity index is 524. The summed E-state index contributed by atoms with van der Waals surface area (Å²) >= 11 is 0. The molecule has 0 bridgehead atoms. The minimum absolute atomic E-state index is 0.220. The van der Waals surface area contributed by atoms with Crippen molar-refractivity contribution in [1.82, 2.24) is 4.98 Å². The Morgan fingerprint density at radius 2 is 1.95 bits per heavy atom. The van der Waals surface area contributed by atoms with E-state index in [4.69, 9.17) is 10.5 Å². The van der Waals surface area contributed by atoms with E-state index < -0.39 is 0 Å². The fourth-order valence-corrected chi connectivity index (χ4v) is 1.64. The Hall–Kier alpha value is -2.36. The molecule has 4 nitrogen and oxygen atoms in total. The van der Waals surface area contributed by atoms with E-state index >= 15 is 0 Å². The highest BCUT2D eigenvalue weighted by atomic mass is 16.5. The second-order valence-corrected chi connectivity index (χ2v) is 4.22. The molecule has 0 unspecified atom stereocenters. The van der Waals surface area contributed by atoms with Crippen molar-refractivity contribution in [2.45, 2.75) is 19.4 Å². The Morgan fingerprint density at radius 1 is 1.16 bits per heavy atom. The smallest absolute Gasteiger partial charge is 0.306 e. The highest BCUT2D eigenvalue weighted by Crippen LogP contribution is 2.08. The molecule has 2 aromatic rings. The summed E-state index contributed by atoms with van der Waals surface area (Å²) in [5, 5.41) is 0. The number of hydrogen-bond donors (Lipinski definition) is 1. The minimum atomic E-state index is -0.220. The summed E-state index contributed by atoms with van der Waals surface area (Å²) in [7, 11) is 0. The van der Waals surface area contributed by atoms with Gasteiger partial charge in [0.05, 0.1) is 5.69 Å². The van der Waals surface area contributed by atoms with Crippen LogP contribution in [0, 0.1) is 0 Å². The molecule has 0 saturated carbocycles. The van der Waals surface area contributed by atoms with E-state index in [0.29, 0.717) is 12.8 Å². The van der Waals surface area contributed by atoms with Gasteiger partial charge in [-0.2, -0.15) is 0 Å². The predicted octanol–water partition coefficient (Wildman–Crippen LogP) is 2.34. The number of pyridine rings is 1. The van der Waals surface area contributed by atoms with Crippen molar-refractivity contribution in [1.29, 1.82) is 0 Å². The van der Waals surface area contributed by atoms with E-state index in [9.17, 15) is 4.79 Å². The fraction of sp³-hybridized carbons (Fsp3) is 0.200. The highest BCUT2D eigenvalue weighted by Gasteiger charge is 2.04. The number of rotatable bonds is 5. The molecule has 0 saturated heterocycles. The van der Waals surface area contributed by atoms with Crippen LogP contribution in [-0.2, 0) is 22.6 Å². The van der Waals surface area contributed by atoms with Crippen LogP contribution in [0.4, 0.5) is 5.69 Å². The average molecular weight is 256 g/mol. The number of ether oxygens (including phenoxy) is 1. The molecular formula is C15H16N2O2. The van der Waals surface area contributed by atoms with Crippen LogP contribution in [0.5, 0.6) is 0 Å². The third kappa shape index (κ3) is 4.43. The van der Waals surface area contributed by atoms with Crippen molar-refractivity contribution < 1.29 is 9.53 Å². The van der Waals surface area contributed by atoms with Crippen molar-refractivity contribution in [2.24, 2.45) is 0 Å². The lowest BCUT2D eigenvalue weighted by atomic mass is 10.1. The van der Waals surface area contributed by atoms with Gasteiger partial charge in [0.15, 0.2) is 0 Å². The van der Waals surface area contributed by atoms with E-state index in [1.807, 2.05) is 42.5 Å². The number of benzene rings is 1. The van der Waals surface area contributed by atoms with Crippen LogP contribution in [0.15, 0.2) is 48.7 Å². The SMILES string of the molecule is Nc1ccc(CCC(=O)OCc2ccccn2)cc1. The summed E-state index contributed by atoms with van der Waals surface area (Å²) in [6, 6.07) is 13.0. The topological polar surface area (TPSA) is 65.2 Å². The van der Waals surface area contributed by atoms with Gasteiger partial charge in [-0.25, -0.2) is 0 Å². The van der Waals surface area contributed by atoms with Crippen LogP contribution < -0.4 is 5.73 Å². The first-order chi connectivity index (χ1) is 9.24. The molecule has 0 atom stereocenters. The highest BCUT2D eigenvalue weighted by molar-refractivity contribution is 5.69. The quantitative estimate of drug-likeness (QED) is 0.658. The van der Waals surface area contributed by atoms with Crippen molar-refractivity contribution in [3.05, 3.63) is 59.9 Å². The molecule has 0 fully saturated rings. The number of nitrogens with two attached hydrogens (primary N) is 1. The van der Waals surface area contributed by atoms with Gasteiger partial charge in [0.2, 0.25) is 0 Å². The summed E-state index contributed by atoms with van der Waals surface area (Å²) in [6.07, 6.45) is 2.69. The molecule has 0 aliphatic rings. The van der Waals surface area contributed by atoms with E-state index in [1.165, 1.54) is 0 Å². The van der Waals surface area contributed by atoms with Crippen molar-refractivity contribution in [2.75, 3.05) is 5.73 Å². The number of hydrogen-bond acceptors (Lipinski definition) is 4. The van der Waals surface area contributed by atoms with Crippen molar-refractivity contribution >= 4 is 11.7 Å². The third-order valence-electron chi connectivity index (χ3n) is 2.70. The molecule has 4 heteroatoms. The summed E-state index contributed by atoms with van der Waals surface area (Å²) in [5.41, 5.74) is 8.15. The Balaban J connectivity index is 1.74. The van der Waals surface area contributed by atoms with Crippen LogP contribution in [0.3, 0.4) is 0 Å². The summed E-state index contributed by atoms with van der Waals surface area (Å²) < 4.78 is 5.15. The van der Waals surface area contributed by atoms with Crippen LogP contribution >= 0.6 is 0 Å². The lowest BCUT2D eigenvalue weighted by Gasteiger charge is -2.04. The summed E-state index contributed by atoms with van der Waals surface area (Å²) in [5.74, 6) is -0.220. The molecule has 2 rings (SSSR count). The molecule has 0 radical (unpaired) electrons. The number of esters is 1. The number of nitrogens with zero attached hydrogens (tertiary/aromatic N) is 1. The minimum Gasteiger partial charge on any atom is -0.459 e. The molecule has 1 aromatic carbocycles. The molecule has 1 heterocycles. The number of anilines is 1. The van der Waals surface area contributed by atoms with E-state index in [0.717, 1.165) is 16.9 Å². The number of carbonyl (C=O) groups is 1. The normalized spacial score (nSPS) is 10.1. The van der Waals surface area contributed by atoms with E-state index in [-0.39, 0.29) is 12.6 Å². The maximum absolute atomic E-state index is 11.6. The van der Waals surface area contributed by atoms with Gasteiger partial charge in [-0.05, 0) is 36.2 Å². The second-order valence-electron chi connectivity index (χ2n) is 4.22. The molecule has 2 N–H and O–H groups in total.